The maximum Gasteiger partial charge on any atom is 0.358 e. The Morgan fingerprint density at radius 3 is 2.75 bits per heavy atom. The third kappa shape index (κ3) is 6.20. The van der Waals surface area contributed by atoms with Crippen molar-refractivity contribution < 1.29 is 34.0 Å². The van der Waals surface area contributed by atoms with Gasteiger partial charge in [0.1, 0.15) is 11.4 Å². The largest absolute Gasteiger partial charge is 0.476 e. The van der Waals surface area contributed by atoms with Gasteiger partial charge in [-0.15, -0.1) is 0 Å². The van der Waals surface area contributed by atoms with E-state index in [0.29, 0.717) is 36.5 Å². The Bertz CT molecular complexity index is 1140. The van der Waals surface area contributed by atoms with Crippen molar-refractivity contribution in [2.45, 2.75) is 51.4 Å². The topological polar surface area (TPSA) is 143 Å². The number of methoxy groups -OCH3 is 1. The number of rotatable bonds is 12. The normalized spacial score (nSPS) is 19.1. The molecule has 1 amide bonds. The van der Waals surface area contributed by atoms with E-state index in [9.17, 15) is 19.8 Å². The van der Waals surface area contributed by atoms with Crippen LogP contribution in [0.15, 0.2) is 54.1 Å². The molecule has 0 spiro atoms. The average molecular weight is 500 g/mol. The minimum atomic E-state index is -1.21. The highest BCUT2D eigenvalue weighted by Gasteiger charge is 2.40. The number of allylic oxidation sites excluding steroid dienone is 1. The predicted molar refractivity (Wildman–Crippen MR) is 132 cm³/mol. The number of aromatic amines is 1. The first kappa shape index (κ1) is 27.1. The van der Waals surface area contributed by atoms with Crippen LogP contribution in [-0.2, 0) is 15.1 Å². The molecule has 36 heavy (non-hydrogen) atoms. The minimum absolute atomic E-state index is 0.0951. The first-order valence-corrected chi connectivity index (χ1v) is 11.8. The molecular formula is C26H33N3O7. The van der Waals surface area contributed by atoms with Gasteiger partial charge in [0.2, 0.25) is 0 Å². The van der Waals surface area contributed by atoms with Crippen molar-refractivity contribution in [2.75, 3.05) is 20.3 Å². The standard InChI is InChI=1S/C26H33N3O7/c1-5-18-8-10-26(36-17(3)15-34-4,23-19(9-12-28-23)24(31)29-14-16(2)30)13-21(18)35-20-7-6-11-27-22(20)25(32)33/h6-9,11-13,16-17,28,30H,5,10,14-15H2,1-4H3,(H,29,31)(H,32,33)/t16-,17+,26?/m1/s1. The molecule has 0 aliphatic heterocycles. The lowest BCUT2D eigenvalue weighted by Crippen LogP contribution is -2.38. The third-order valence-electron chi connectivity index (χ3n) is 5.69. The molecule has 0 saturated carbocycles. The Labute approximate surface area is 210 Å². The van der Waals surface area contributed by atoms with Gasteiger partial charge in [0.25, 0.3) is 5.91 Å². The van der Waals surface area contributed by atoms with Crippen molar-refractivity contribution in [2.24, 2.45) is 0 Å². The summed E-state index contributed by atoms with van der Waals surface area (Å²) in [5.41, 5.74) is 0.373. The van der Waals surface area contributed by atoms with Gasteiger partial charge in [-0.2, -0.15) is 0 Å². The van der Waals surface area contributed by atoms with Gasteiger partial charge in [-0.1, -0.05) is 13.0 Å². The fourth-order valence-corrected chi connectivity index (χ4v) is 4.09. The van der Waals surface area contributed by atoms with E-state index in [4.69, 9.17) is 14.2 Å². The number of nitrogens with zero attached hydrogens (tertiary/aromatic N) is 1. The number of aromatic nitrogens is 2. The average Bonchev–Trinajstić information content (AvgIpc) is 3.34. The van der Waals surface area contributed by atoms with Crippen molar-refractivity contribution >= 4 is 11.9 Å². The molecule has 1 aliphatic carbocycles. The molecule has 2 aromatic heterocycles. The van der Waals surface area contributed by atoms with E-state index in [1.807, 2.05) is 19.9 Å². The number of aromatic carboxylic acids is 1. The number of amides is 1. The van der Waals surface area contributed by atoms with Crippen molar-refractivity contribution in [3.63, 3.8) is 0 Å². The number of nitrogens with one attached hydrogen (secondary N) is 2. The molecule has 2 aromatic rings. The summed E-state index contributed by atoms with van der Waals surface area (Å²) < 4.78 is 17.9. The molecule has 0 fully saturated rings. The van der Waals surface area contributed by atoms with Crippen molar-refractivity contribution in [1.82, 2.24) is 15.3 Å². The van der Waals surface area contributed by atoms with Gasteiger partial charge in [0.15, 0.2) is 11.4 Å². The number of hydrogen-bond acceptors (Lipinski definition) is 7. The molecule has 1 unspecified atom stereocenters. The number of aliphatic hydroxyl groups excluding tert-OH is 1. The van der Waals surface area contributed by atoms with Gasteiger partial charge in [-0.3, -0.25) is 4.79 Å². The smallest absolute Gasteiger partial charge is 0.358 e. The fourth-order valence-electron chi connectivity index (χ4n) is 4.09. The van der Waals surface area contributed by atoms with Crippen molar-refractivity contribution in [3.05, 3.63) is 71.0 Å². The van der Waals surface area contributed by atoms with Crippen LogP contribution in [0.3, 0.4) is 0 Å². The number of carboxylic acid groups (broad SMARTS) is 1. The molecule has 0 bridgehead atoms. The quantitative estimate of drug-likeness (QED) is 0.349. The summed E-state index contributed by atoms with van der Waals surface area (Å²) in [6.45, 7) is 5.82. The Morgan fingerprint density at radius 1 is 1.31 bits per heavy atom. The van der Waals surface area contributed by atoms with E-state index >= 15 is 0 Å². The summed E-state index contributed by atoms with van der Waals surface area (Å²) in [5, 5.41) is 21.9. The second kappa shape index (κ2) is 12.0. The third-order valence-corrected chi connectivity index (χ3v) is 5.69. The van der Waals surface area contributed by atoms with E-state index in [-0.39, 0.29) is 30.0 Å². The number of aliphatic hydroxyl groups is 1. The van der Waals surface area contributed by atoms with Crippen LogP contribution >= 0.6 is 0 Å². The molecule has 2 heterocycles. The molecule has 4 N–H and O–H groups in total. The van der Waals surface area contributed by atoms with E-state index in [1.165, 1.54) is 6.20 Å². The van der Waals surface area contributed by atoms with Crippen LogP contribution in [0.1, 0.15) is 60.2 Å². The summed E-state index contributed by atoms with van der Waals surface area (Å²) in [7, 11) is 1.58. The monoisotopic (exact) mass is 499 g/mol. The highest BCUT2D eigenvalue weighted by molar-refractivity contribution is 5.96. The van der Waals surface area contributed by atoms with Crippen LogP contribution in [0, 0.1) is 0 Å². The highest BCUT2D eigenvalue weighted by atomic mass is 16.5. The lowest BCUT2D eigenvalue weighted by Gasteiger charge is -2.36. The van der Waals surface area contributed by atoms with Crippen LogP contribution in [0.5, 0.6) is 5.75 Å². The number of carboxylic acids is 1. The molecule has 194 valence electrons. The first-order chi connectivity index (χ1) is 17.2. The number of carbonyl (C=O) groups excluding carboxylic acids is 1. The molecule has 3 rings (SSSR count). The summed E-state index contributed by atoms with van der Waals surface area (Å²) in [6, 6.07) is 4.79. The van der Waals surface area contributed by atoms with Crippen molar-refractivity contribution in [3.8, 4) is 5.75 Å². The van der Waals surface area contributed by atoms with Crippen LogP contribution in [-0.4, -0.2) is 64.5 Å². The van der Waals surface area contributed by atoms with Crippen molar-refractivity contribution in [1.29, 1.82) is 0 Å². The summed E-state index contributed by atoms with van der Waals surface area (Å²) in [6.07, 6.45) is 6.74. The maximum absolute atomic E-state index is 13.0. The zero-order valence-corrected chi connectivity index (χ0v) is 20.9. The Morgan fingerprint density at radius 2 is 2.08 bits per heavy atom. The number of carbonyl (C=O) groups is 2. The summed E-state index contributed by atoms with van der Waals surface area (Å²) >= 11 is 0. The second-order valence-corrected chi connectivity index (χ2v) is 8.65. The summed E-state index contributed by atoms with van der Waals surface area (Å²) in [4.78, 5) is 31.8. The zero-order valence-electron chi connectivity index (χ0n) is 20.9. The Hall–Kier alpha value is -3.47. The highest BCUT2D eigenvalue weighted by Crippen LogP contribution is 2.41. The molecule has 10 heteroatoms. The van der Waals surface area contributed by atoms with E-state index in [1.54, 1.807) is 44.5 Å². The zero-order chi connectivity index (χ0) is 26.3. The number of ether oxygens (including phenoxy) is 3. The van der Waals surface area contributed by atoms with Gasteiger partial charge in [0, 0.05) is 32.5 Å². The molecule has 0 radical (unpaired) electrons. The van der Waals surface area contributed by atoms with E-state index < -0.39 is 17.7 Å². The van der Waals surface area contributed by atoms with Gasteiger partial charge in [-0.05, 0) is 50.1 Å². The first-order valence-electron chi connectivity index (χ1n) is 11.8. The second-order valence-electron chi connectivity index (χ2n) is 8.65. The molecule has 0 aromatic carbocycles. The van der Waals surface area contributed by atoms with Crippen LogP contribution in [0.2, 0.25) is 0 Å². The lowest BCUT2D eigenvalue weighted by atomic mass is 9.85. The SMILES string of the molecule is CCC1=CCC(O[C@@H](C)COC)(c2[nH]ccc2C(=O)NC[C@@H](C)O)C=C1Oc1cccnc1C(=O)O. The van der Waals surface area contributed by atoms with E-state index in [0.717, 1.165) is 5.57 Å². The number of pyridine rings is 1. The molecular weight excluding hydrogens is 466 g/mol. The van der Waals surface area contributed by atoms with Gasteiger partial charge >= 0.3 is 5.97 Å². The summed E-state index contributed by atoms with van der Waals surface area (Å²) in [5.74, 6) is -1.07. The maximum atomic E-state index is 13.0. The number of hydrogen-bond donors (Lipinski definition) is 4. The van der Waals surface area contributed by atoms with Gasteiger partial charge < -0.3 is 34.7 Å². The van der Waals surface area contributed by atoms with E-state index in [2.05, 4.69) is 15.3 Å². The Balaban J connectivity index is 2.09. The van der Waals surface area contributed by atoms with Crippen LogP contribution in [0.25, 0.3) is 0 Å². The predicted octanol–water partition coefficient (Wildman–Crippen LogP) is 3.17. The molecule has 1 aliphatic rings. The molecule has 0 saturated heterocycles. The van der Waals surface area contributed by atoms with Gasteiger partial charge in [-0.25, -0.2) is 9.78 Å². The Kier molecular flexibility index (Phi) is 9.03. The van der Waals surface area contributed by atoms with Crippen LogP contribution in [0.4, 0.5) is 0 Å². The van der Waals surface area contributed by atoms with Gasteiger partial charge in [0.05, 0.1) is 30.1 Å². The van der Waals surface area contributed by atoms with Crippen LogP contribution < -0.4 is 10.1 Å². The minimum Gasteiger partial charge on any atom is -0.476 e. The number of H-pyrrole nitrogens is 1. The molecule has 10 nitrogen and oxygen atoms in total. The lowest BCUT2D eigenvalue weighted by molar-refractivity contribution is -0.0877. The molecule has 3 atom stereocenters. The fraction of sp³-hybridized carbons (Fsp3) is 0.423.